The molecule has 0 N–H and O–H groups in total. The van der Waals surface area contributed by atoms with Crippen molar-refractivity contribution >= 4 is 33.0 Å². The molecule has 0 aliphatic rings. The van der Waals surface area contributed by atoms with Gasteiger partial charge in [0.2, 0.25) is 0 Å². The lowest BCUT2D eigenvalue weighted by Gasteiger charge is -2.17. The van der Waals surface area contributed by atoms with Gasteiger partial charge in [-0.25, -0.2) is 4.98 Å². The van der Waals surface area contributed by atoms with Crippen LogP contribution in [0.5, 0.6) is 11.5 Å². The summed E-state index contributed by atoms with van der Waals surface area (Å²) in [5.74, 6) is 1.99. The Kier molecular flexibility index (Phi) is 9.13. The molecule has 4 rings (SSSR count). The summed E-state index contributed by atoms with van der Waals surface area (Å²) in [4.78, 5) is 18.3. The quantitative estimate of drug-likeness (QED) is 0.140. The Morgan fingerprint density at radius 2 is 1.89 bits per heavy atom. The number of ether oxygens (including phenoxy) is 2. The van der Waals surface area contributed by atoms with Crippen molar-refractivity contribution in [2.24, 2.45) is 5.10 Å². The van der Waals surface area contributed by atoms with E-state index in [9.17, 15) is 4.79 Å². The predicted octanol–water partition coefficient (Wildman–Crippen LogP) is 7.26. The molecule has 0 spiro atoms. The number of hydrogen-bond donors (Lipinski definition) is 0. The van der Waals surface area contributed by atoms with Gasteiger partial charge in [-0.05, 0) is 61.2 Å². The molecular weight excluding hydrogens is 542 g/mol. The first-order valence-electron chi connectivity index (χ1n) is 12.8. The van der Waals surface area contributed by atoms with Crippen LogP contribution in [0.2, 0.25) is 0 Å². The standard InChI is InChI=1S/C31H32BrN3O3/c1-5-11-24-16-23(17-28(37-7-3)29(24)38-20-22-12-9-8-10-13-22)19-33-35-30(21(4)6-2)34-27-15-14-25(32)18-26(27)31(35)36/h5,8-10,12-19,21H,1,6-7,11,20H2,2-4H3/t21-/m1/s1. The Morgan fingerprint density at radius 1 is 1.11 bits per heavy atom. The fraction of sp³-hybridized carbons (Fsp3) is 0.258. The van der Waals surface area contributed by atoms with E-state index in [1.807, 2.05) is 74.5 Å². The molecule has 1 heterocycles. The van der Waals surface area contributed by atoms with Gasteiger partial charge in [-0.1, -0.05) is 66.2 Å². The van der Waals surface area contributed by atoms with E-state index in [4.69, 9.17) is 14.5 Å². The molecule has 0 saturated carbocycles. The monoisotopic (exact) mass is 573 g/mol. The van der Waals surface area contributed by atoms with E-state index in [-0.39, 0.29) is 11.5 Å². The Hall–Kier alpha value is -3.71. The largest absolute Gasteiger partial charge is 0.490 e. The summed E-state index contributed by atoms with van der Waals surface area (Å²) in [6.07, 6.45) is 4.93. The van der Waals surface area contributed by atoms with Crippen LogP contribution in [0.4, 0.5) is 0 Å². The normalized spacial score (nSPS) is 12.1. The molecule has 7 heteroatoms. The molecule has 0 aliphatic heterocycles. The van der Waals surface area contributed by atoms with E-state index in [0.717, 1.165) is 27.6 Å². The van der Waals surface area contributed by atoms with Gasteiger partial charge in [0, 0.05) is 16.0 Å². The third-order valence-electron chi connectivity index (χ3n) is 6.25. The number of aromatic nitrogens is 2. The first-order chi connectivity index (χ1) is 18.4. The van der Waals surface area contributed by atoms with Crippen LogP contribution in [0.25, 0.3) is 10.9 Å². The summed E-state index contributed by atoms with van der Waals surface area (Å²) in [5, 5.41) is 5.14. The van der Waals surface area contributed by atoms with Crippen LogP contribution < -0.4 is 15.0 Å². The van der Waals surface area contributed by atoms with Gasteiger partial charge in [0.25, 0.3) is 5.56 Å². The maximum Gasteiger partial charge on any atom is 0.282 e. The first-order valence-corrected chi connectivity index (χ1v) is 13.6. The van der Waals surface area contributed by atoms with Crippen molar-refractivity contribution in [3.8, 4) is 11.5 Å². The number of rotatable bonds is 11. The minimum atomic E-state index is -0.206. The Balaban J connectivity index is 1.78. The number of hydrogen-bond acceptors (Lipinski definition) is 5. The van der Waals surface area contributed by atoms with Crippen molar-refractivity contribution in [2.75, 3.05) is 6.61 Å². The van der Waals surface area contributed by atoms with E-state index < -0.39 is 0 Å². The zero-order chi connectivity index (χ0) is 27.1. The molecule has 38 heavy (non-hydrogen) atoms. The van der Waals surface area contributed by atoms with E-state index in [2.05, 4.69) is 34.5 Å². The number of fused-ring (bicyclic) bond motifs is 1. The van der Waals surface area contributed by atoms with E-state index in [0.29, 0.717) is 47.9 Å². The molecule has 0 aliphatic carbocycles. The Bertz CT molecular complexity index is 1510. The van der Waals surface area contributed by atoms with Gasteiger partial charge < -0.3 is 9.47 Å². The molecule has 1 atom stereocenters. The van der Waals surface area contributed by atoms with Gasteiger partial charge >= 0.3 is 0 Å². The minimum absolute atomic E-state index is 0.0528. The van der Waals surface area contributed by atoms with Gasteiger partial charge in [-0.15, -0.1) is 6.58 Å². The molecule has 0 bridgehead atoms. The van der Waals surface area contributed by atoms with Gasteiger partial charge in [-0.2, -0.15) is 9.78 Å². The lowest BCUT2D eigenvalue weighted by Crippen LogP contribution is -2.23. The van der Waals surface area contributed by atoms with Crippen LogP contribution in [0.1, 0.15) is 55.6 Å². The van der Waals surface area contributed by atoms with E-state index in [1.54, 1.807) is 12.3 Å². The van der Waals surface area contributed by atoms with Crippen LogP contribution >= 0.6 is 15.9 Å². The van der Waals surface area contributed by atoms with Crippen LogP contribution in [0.15, 0.2) is 87.7 Å². The molecule has 4 aromatic rings. The predicted molar refractivity (Wildman–Crippen MR) is 158 cm³/mol. The van der Waals surface area contributed by atoms with E-state index >= 15 is 0 Å². The van der Waals surface area contributed by atoms with Crippen molar-refractivity contribution in [2.45, 2.75) is 46.1 Å². The summed E-state index contributed by atoms with van der Waals surface area (Å²) in [6.45, 7) is 10.9. The van der Waals surface area contributed by atoms with Crippen LogP contribution in [0.3, 0.4) is 0 Å². The Morgan fingerprint density at radius 3 is 2.61 bits per heavy atom. The van der Waals surface area contributed by atoms with Crippen molar-refractivity contribution in [3.63, 3.8) is 0 Å². The van der Waals surface area contributed by atoms with Crippen molar-refractivity contribution in [3.05, 3.63) is 111 Å². The van der Waals surface area contributed by atoms with Crippen molar-refractivity contribution in [1.29, 1.82) is 0 Å². The smallest absolute Gasteiger partial charge is 0.282 e. The third-order valence-corrected chi connectivity index (χ3v) is 6.75. The summed E-state index contributed by atoms with van der Waals surface area (Å²) in [5.41, 5.74) is 3.23. The summed E-state index contributed by atoms with van der Waals surface area (Å²) < 4.78 is 14.4. The van der Waals surface area contributed by atoms with Gasteiger partial charge in [0.15, 0.2) is 11.5 Å². The number of benzene rings is 3. The molecule has 0 amide bonds. The average molecular weight is 575 g/mol. The molecule has 6 nitrogen and oxygen atoms in total. The van der Waals surface area contributed by atoms with Crippen LogP contribution in [-0.2, 0) is 13.0 Å². The number of allylic oxidation sites excluding steroid dienone is 1. The highest BCUT2D eigenvalue weighted by atomic mass is 79.9. The first kappa shape index (κ1) is 27.3. The zero-order valence-corrected chi connectivity index (χ0v) is 23.6. The topological polar surface area (TPSA) is 65.7 Å². The lowest BCUT2D eigenvalue weighted by molar-refractivity contribution is 0.267. The molecule has 3 aromatic carbocycles. The summed E-state index contributed by atoms with van der Waals surface area (Å²) in [6, 6.07) is 19.4. The fourth-order valence-electron chi connectivity index (χ4n) is 4.12. The van der Waals surface area contributed by atoms with Crippen LogP contribution in [-0.4, -0.2) is 22.5 Å². The highest BCUT2D eigenvalue weighted by Crippen LogP contribution is 2.34. The summed E-state index contributed by atoms with van der Waals surface area (Å²) >= 11 is 3.46. The second-order valence-corrected chi connectivity index (χ2v) is 9.93. The SMILES string of the molecule is C=CCc1cc(C=Nn2c([C@H](C)CC)nc3ccc(Br)cc3c2=O)cc(OCC)c1OCc1ccccc1. The second kappa shape index (κ2) is 12.7. The molecule has 0 unspecified atom stereocenters. The highest BCUT2D eigenvalue weighted by Gasteiger charge is 2.17. The van der Waals surface area contributed by atoms with Gasteiger partial charge in [-0.3, -0.25) is 4.79 Å². The van der Waals surface area contributed by atoms with Gasteiger partial charge in [0.05, 0.1) is 23.7 Å². The molecule has 1 aromatic heterocycles. The highest BCUT2D eigenvalue weighted by molar-refractivity contribution is 9.10. The molecule has 0 saturated heterocycles. The van der Waals surface area contributed by atoms with Crippen molar-refractivity contribution in [1.82, 2.24) is 9.66 Å². The lowest BCUT2D eigenvalue weighted by atomic mass is 10.1. The van der Waals surface area contributed by atoms with E-state index in [1.165, 1.54) is 4.68 Å². The maximum absolute atomic E-state index is 13.5. The second-order valence-electron chi connectivity index (χ2n) is 9.01. The zero-order valence-electron chi connectivity index (χ0n) is 22.0. The van der Waals surface area contributed by atoms with Gasteiger partial charge in [0.1, 0.15) is 12.4 Å². The van der Waals surface area contributed by atoms with Crippen molar-refractivity contribution < 1.29 is 9.47 Å². The molecule has 196 valence electrons. The summed E-state index contributed by atoms with van der Waals surface area (Å²) in [7, 11) is 0. The molecular formula is C31H32BrN3O3. The fourth-order valence-corrected chi connectivity index (χ4v) is 4.49. The maximum atomic E-state index is 13.5. The molecule has 0 fully saturated rings. The third kappa shape index (κ3) is 6.22. The Labute approximate surface area is 231 Å². The van der Waals surface area contributed by atoms with Crippen LogP contribution in [0, 0.1) is 0 Å². The number of nitrogens with zero attached hydrogens (tertiary/aromatic N) is 3. The minimum Gasteiger partial charge on any atom is -0.490 e. The molecule has 0 radical (unpaired) electrons. The average Bonchev–Trinajstić information content (AvgIpc) is 2.92. The number of halogens is 1.